The first kappa shape index (κ1) is 16.1. The summed E-state index contributed by atoms with van der Waals surface area (Å²) in [5, 5.41) is 14.8. The minimum Gasteiger partial charge on any atom is -0.356 e. The third-order valence-electron chi connectivity index (χ3n) is 0. The molecule has 0 saturated carbocycles. The van der Waals surface area contributed by atoms with Gasteiger partial charge in [0.25, 0.3) is 0 Å². The van der Waals surface area contributed by atoms with E-state index in [9.17, 15) is 0 Å². The maximum atomic E-state index is 8.25. The van der Waals surface area contributed by atoms with Crippen molar-refractivity contribution in [1.29, 1.82) is 0 Å². The first-order chi connectivity index (χ1) is 2.73. The van der Waals surface area contributed by atoms with Gasteiger partial charge in [-0.15, -0.1) is 12.8 Å². The van der Waals surface area contributed by atoms with Crippen molar-refractivity contribution < 1.29 is 27.5 Å². The van der Waals surface area contributed by atoms with E-state index in [-0.39, 0.29) is 22.4 Å². The topological polar surface area (TPSA) is 66.2 Å². The van der Waals surface area contributed by atoms with Crippen LogP contribution in [0.5, 0.6) is 0 Å². The Morgan fingerprint density at radius 1 is 1.29 bits per heavy atom. The van der Waals surface area contributed by atoms with Crippen molar-refractivity contribution in [3.63, 3.8) is 0 Å². The first-order valence-corrected chi connectivity index (χ1v) is 0.881. The van der Waals surface area contributed by atoms with E-state index in [0.717, 1.165) is 0 Å². The SMILES string of the molecule is C#C.O=[N+]([O-])[O-].[Ag+]. The largest absolute Gasteiger partial charge is 1.00 e. The molecule has 0 aromatic carbocycles. The average molecular weight is 196 g/mol. The van der Waals surface area contributed by atoms with E-state index in [1.54, 1.807) is 0 Å². The summed E-state index contributed by atoms with van der Waals surface area (Å²) in [6.07, 6.45) is 8.00. The molecule has 0 bridgehead atoms. The van der Waals surface area contributed by atoms with E-state index in [1.807, 2.05) is 0 Å². The molecule has 7 heavy (non-hydrogen) atoms. The van der Waals surface area contributed by atoms with Gasteiger partial charge in [-0.25, -0.2) is 0 Å². The van der Waals surface area contributed by atoms with Crippen LogP contribution in [0.4, 0.5) is 0 Å². The molecule has 0 rings (SSSR count). The maximum absolute atomic E-state index is 8.25. The second-order valence-electron chi connectivity index (χ2n) is 0.224. The molecule has 0 radical (unpaired) electrons. The minimum atomic E-state index is -1.75. The van der Waals surface area contributed by atoms with Crippen molar-refractivity contribution in [3.05, 3.63) is 15.3 Å². The predicted octanol–water partition coefficient (Wildman–Crippen LogP) is 0.00780. The van der Waals surface area contributed by atoms with Gasteiger partial charge >= 0.3 is 22.4 Å². The molecule has 0 atom stereocenters. The third kappa shape index (κ3) is 270. The van der Waals surface area contributed by atoms with Crippen molar-refractivity contribution in [2.45, 2.75) is 0 Å². The van der Waals surface area contributed by atoms with Gasteiger partial charge in [0, 0.05) is 0 Å². The van der Waals surface area contributed by atoms with Crippen LogP contribution in [-0.4, -0.2) is 5.09 Å². The number of nitrogens with zero attached hydrogens (tertiary/aromatic N) is 1. The van der Waals surface area contributed by atoms with Crippen LogP contribution >= 0.6 is 0 Å². The fraction of sp³-hybridized carbons (Fsp3) is 0. The fourth-order valence-electron chi connectivity index (χ4n) is 0. The Hall–Kier alpha value is -0.500. The van der Waals surface area contributed by atoms with Crippen LogP contribution < -0.4 is 0 Å². The van der Waals surface area contributed by atoms with Crippen LogP contribution in [-0.2, 0) is 22.4 Å². The molecule has 0 fully saturated rings. The zero-order valence-electron chi connectivity index (χ0n) is 3.13. The quantitative estimate of drug-likeness (QED) is 0.237. The number of terminal acetylenes is 1. The molecule has 0 aromatic rings. The van der Waals surface area contributed by atoms with E-state index >= 15 is 0 Å². The number of hydrogen-bond donors (Lipinski definition) is 0. The molecule has 0 aliphatic carbocycles. The second kappa shape index (κ2) is 17.8. The summed E-state index contributed by atoms with van der Waals surface area (Å²) in [6.45, 7) is 0. The van der Waals surface area contributed by atoms with Gasteiger partial charge in [-0.05, 0) is 0 Å². The monoisotopic (exact) mass is 195 g/mol. The van der Waals surface area contributed by atoms with Crippen molar-refractivity contribution in [3.8, 4) is 12.8 Å². The first-order valence-electron chi connectivity index (χ1n) is 0.881. The van der Waals surface area contributed by atoms with Gasteiger partial charge < -0.3 is 15.3 Å². The van der Waals surface area contributed by atoms with Crippen LogP contribution in [0.1, 0.15) is 0 Å². The van der Waals surface area contributed by atoms with Crippen molar-refractivity contribution >= 4 is 0 Å². The zero-order valence-corrected chi connectivity index (χ0v) is 4.61. The van der Waals surface area contributed by atoms with Crippen LogP contribution in [0.3, 0.4) is 0 Å². The third-order valence-corrected chi connectivity index (χ3v) is 0. The number of rotatable bonds is 0. The van der Waals surface area contributed by atoms with Crippen molar-refractivity contribution in [1.82, 2.24) is 0 Å². The van der Waals surface area contributed by atoms with Crippen molar-refractivity contribution in [2.24, 2.45) is 0 Å². The smallest absolute Gasteiger partial charge is 0.356 e. The van der Waals surface area contributed by atoms with Gasteiger partial charge in [0.2, 0.25) is 0 Å². The Morgan fingerprint density at radius 3 is 1.29 bits per heavy atom. The molecule has 0 spiro atoms. The summed E-state index contributed by atoms with van der Waals surface area (Å²) >= 11 is 0. The van der Waals surface area contributed by atoms with Crippen molar-refractivity contribution in [2.75, 3.05) is 0 Å². The van der Waals surface area contributed by atoms with Crippen LogP contribution in [0.15, 0.2) is 0 Å². The summed E-state index contributed by atoms with van der Waals surface area (Å²) in [5.41, 5.74) is 0. The predicted molar refractivity (Wildman–Crippen MR) is 20.3 cm³/mol. The minimum absolute atomic E-state index is 0. The molecule has 0 aromatic heterocycles. The molecule has 0 saturated heterocycles. The van der Waals surface area contributed by atoms with Gasteiger partial charge in [0.1, 0.15) is 0 Å². The molecule has 0 unspecified atom stereocenters. The molecule has 0 N–H and O–H groups in total. The molecule has 44 valence electrons. The van der Waals surface area contributed by atoms with Gasteiger partial charge in [-0.3, -0.25) is 0 Å². The molecular formula is C2H2AgNO3. The average Bonchev–Trinajstić information content (AvgIpc) is 1.41. The van der Waals surface area contributed by atoms with Gasteiger partial charge in [-0.2, -0.15) is 0 Å². The molecule has 4 nitrogen and oxygen atoms in total. The zero-order chi connectivity index (χ0) is 5.58. The van der Waals surface area contributed by atoms with Gasteiger partial charge in [-0.1, -0.05) is 0 Å². The van der Waals surface area contributed by atoms with Crippen LogP contribution in [0.2, 0.25) is 0 Å². The normalized spacial score (nSPS) is 3.71. The second-order valence-corrected chi connectivity index (χ2v) is 0.224. The maximum Gasteiger partial charge on any atom is 1.00 e. The van der Waals surface area contributed by atoms with E-state index in [2.05, 4.69) is 12.8 Å². The summed E-state index contributed by atoms with van der Waals surface area (Å²) in [6, 6.07) is 0. The van der Waals surface area contributed by atoms with E-state index < -0.39 is 5.09 Å². The molecule has 0 aliphatic rings. The standard InChI is InChI=1S/C2H2.Ag.NO3/c1-2;;2-1(3)4/h1-2H;;/q;+1;-1. The number of hydrogen-bond acceptors (Lipinski definition) is 3. The Morgan fingerprint density at radius 2 is 1.29 bits per heavy atom. The van der Waals surface area contributed by atoms with E-state index in [0.29, 0.717) is 0 Å². The Labute approximate surface area is 56.1 Å². The summed E-state index contributed by atoms with van der Waals surface area (Å²) in [5.74, 6) is 0. The Balaban J connectivity index is -0.0000000480. The van der Waals surface area contributed by atoms with Gasteiger partial charge in [0.05, 0.1) is 5.09 Å². The van der Waals surface area contributed by atoms with Crippen LogP contribution in [0.25, 0.3) is 0 Å². The summed E-state index contributed by atoms with van der Waals surface area (Å²) in [4.78, 5) is 8.25. The molecular weight excluding hydrogens is 194 g/mol. The van der Waals surface area contributed by atoms with E-state index in [1.165, 1.54) is 0 Å². The molecule has 0 heterocycles. The van der Waals surface area contributed by atoms with Gasteiger partial charge in [0.15, 0.2) is 0 Å². The van der Waals surface area contributed by atoms with Crippen LogP contribution in [0, 0.1) is 28.2 Å². The molecule has 5 heteroatoms. The Bertz CT molecular complexity index is 57.2. The summed E-state index contributed by atoms with van der Waals surface area (Å²) < 4.78 is 0. The summed E-state index contributed by atoms with van der Waals surface area (Å²) in [7, 11) is 0. The van der Waals surface area contributed by atoms with E-state index in [4.69, 9.17) is 15.3 Å². The molecule has 0 aliphatic heterocycles. The Kier molecular flexibility index (Phi) is 40.9. The molecule has 0 amide bonds. The fourth-order valence-corrected chi connectivity index (χ4v) is 0.